The Hall–Kier alpha value is 0.270. The van der Waals surface area contributed by atoms with Crippen molar-refractivity contribution in [2.24, 2.45) is 5.92 Å². The lowest BCUT2D eigenvalue weighted by Gasteiger charge is -2.25. The van der Waals surface area contributed by atoms with Crippen molar-refractivity contribution in [3.05, 3.63) is 0 Å². The van der Waals surface area contributed by atoms with Crippen molar-refractivity contribution in [2.45, 2.75) is 52.2 Å². The zero-order chi connectivity index (χ0) is 12.6. The minimum atomic E-state index is 0.0117. The van der Waals surface area contributed by atoms with Crippen LogP contribution < -0.4 is 5.32 Å². The molecule has 0 aromatic rings. The second kappa shape index (κ2) is 8.37. The molecule has 98 valence electrons. The second-order valence-corrected chi connectivity index (χ2v) is 6.49. The standard InChI is InChI=1S/C13H29NOS/c1-11(2)9-16-10-12(14-5)7-8-13(3,4)15-6/h11-12,14H,7-10H2,1-6H3. The van der Waals surface area contributed by atoms with E-state index in [-0.39, 0.29) is 5.60 Å². The Bertz CT molecular complexity index is 171. The second-order valence-electron chi connectivity index (χ2n) is 5.42. The third kappa shape index (κ3) is 8.43. The van der Waals surface area contributed by atoms with E-state index >= 15 is 0 Å². The highest BCUT2D eigenvalue weighted by Gasteiger charge is 2.18. The minimum absolute atomic E-state index is 0.0117. The summed E-state index contributed by atoms with van der Waals surface area (Å²) in [5.41, 5.74) is 0.0117. The first-order valence-electron chi connectivity index (χ1n) is 6.21. The van der Waals surface area contributed by atoms with E-state index in [9.17, 15) is 0 Å². The van der Waals surface area contributed by atoms with E-state index in [1.807, 2.05) is 11.8 Å². The maximum absolute atomic E-state index is 5.44. The molecule has 0 amide bonds. The first-order chi connectivity index (χ1) is 7.41. The van der Waals surface area contributed by atoms with E-state index in [0.29, 0.717) is 6.04 Å². The fourth-order valence-electron chi connectivity index (χ4n) is 1.38. The first kappa shape index (κ1) is 16.3. The Morgan fingerprint density at radius 3 is 2.31 bits per heavy atom. The quantitative estimate of drug-likeness (QED) is 0.676. The van der Waals surface area contributed by atoms with Gasteiger partial charge in [-0.05, 0) is 45.4 Å². The topological polar surface area (TPSA) is 21.3 Å². The molecular weight excluding hydrogens is 218 g/mol. The van der Waals surface area contributed by atoms with E-state index in [0.717, 1.165) is 12.3 Å². The summed E-state index contributed by atoms with van der Waals surface area (Å²) in [4.78, 5) is 0. The van der Waals surface area contributed by atoms with Crippen molar-refractivity contribution in [3.63, 3.8) is 0 Å². The molecule has 0 bridgehead atoms. The predicted octanol–water partition coefficient (Wildman–Crippen LogP) is 3.17. The average molecular weight is 247 g/mol. The molecule has 0 saturated carbocycles. The van der Waals surface area contributed by atoms with E-state index in [1.165, 1.54) is 17.9 Å². The molecule has 1 unspecified atom stereocenters. The van der Waals surface area contributed by atoms with Crippen LogP contribution in [0.3, 0.4) is 0 Å². The fraction of sp³-hybridized carbons (Fsp3) is 1.00. The van der Waals surface area contributed by atoms with Crippen LogP contribution in [0, 0.1) is 5.92 Å². The van der Waals surface area contributed by atoms with Gasteiger partial charge in [-0.3, -0.25) is 0 Å². The molecule has 0 fully saturated rings. The predicted molar refractivity (Wildman–Crippen MR) is 75.3 cm³/mol. The smallest absolute Gasteiger partial charge is 0.0623 e. The van der Waals surface area contributed by atoms with Gasteiger partial charge in [-0.15, -0.1) is 0 Å². The summed E-state index contributed by atoms with van der Waals surface area (Å²) in [7, 11) is 3.85. The molecule has 1 N–H and O–H groups in total. The molecule has 0 heterocycles. The number of nitrogens with one attached hydrogen (secondary N) is 1. The minimum Gasteiger partial charge on any atom is -0.379 e. The Labute approximate surface area is 106 Å². The molecule has 0 aliphatic heterocycles. The number of methoxy groups -OCH3 is 1. The van der Waals surface area contributed by atoms with Gasteiger partial charge in [0, 0.05) is 18.9 Å². The molecular formula is C13H29NOS. The summed E-state index contributed by atoms with van der Waals surface area (Å²) in [6.45, 7) is 8.85. The molecule has 3 heteroatoms. The zero-order valence-corrected chi connectivity index (χ0v) is 12.6. The Morgan fingerprint density at radius 1 is 1.25 bits per heavy atom. The lowest BCUT2D eigenvalue weighted by Crippen LogP contribution is -2.32. The Morgan fingerprint density at radius 2 is 1.88 bits per heavy atom. The van der Waals surface area contributed by atoms with Crippen LogP contribution in [0.2, 0.25) is 0 Å². The summed E-state index contributed by atoms with van der Waals surface area (Å²) in [5.74, 6) is 3.25. The molecule has 0 aliphatic rings. The van der Waals surface area contributed by atoms with Crippen LogP contribution in [0.25, 0.3) is 0 Å². The molecule has 16 heavy (non-hydrogen) atoms. The molecule has 0 aromatic carbocycles. The Balaban J connectivity index is 3.75. The summed E-state index contributed by atoms with van der Waals surface area (Å²) in [6, 6.07) is 0.609. The van der Waals surface area contributed by atoms with Crippen molar-refractivity contribution in [1.29, 1.82) is 0 Å². The number of thioether (sulfide) groups is 1. The largest absolute Gasteiger partial charge is 0.379 e. The molecule has 0 radical (unpaired) electrons. The van der Waals surface area contributed by atoms with Gasteiger partial charge in [-0.1, -0.05) is 13.8 Å². The monoisotopic (exact) mass is 247 g/mol. The van der Waals surface area contributed by atoms with E-state index < -0.39 is 0 Å². The van der Waals surface area contributed by atoms with E-state index in [1.54, 1.807) is 7.11 Å². The van der Waals surface area contributed by atoms with Gasteiger partial charge in [0.05, 0.1) is 5.60 Å². The normalized spacial score (nSPS) is 14.4. The van der Waals surface area contributed by atoms with Crippen LogP contribution in [0.15, 0.2) is 0 Å². The highest BCUT2D eigenvalue weighted by Crippen LogP contribution is 2.18. The molecule has 0 saturated heterocycles. The lowest BCUT2D eigenvalue weighted by molar-refractivity contribution is 0.0123. The highest BCUT2D eigenvalue weighted by molar-refractivity contribution is 7.99. The third-order valence-corrected chi connectivity index (χ3v) is 4.37. The molecule has 0 aliphatic carbocycles. The van der Waals surface area contributed by atoms with Crippen molar-refractivity contribution in [1.82, 2.24) is 5.32 Å². The van der Waals surface area contributed by atoms with Crippen LogP contribution in [-0.2, 0) is 4.74 Å². The van der Waals surface area contributed by atoms with Crippen LogP contribution in [0.5, 0.6) is 0 Å². The van der Waals surface area contributed by atoms with Gasteiger partial charge in [0.1, 0.15) is 0 Å². The van der Waals surface area contributed by atoms with Crippen LogP contribution in [0.1, 0.15) is 40.5 Å². The van der Waals surface area contributed by atoms with Gasteiger partial charge in [-0.25, -0.2) is 0 Å². The maximum atomic E-state index is 5.44. The van der Waals surface area contributed by atoms with Gasteiger partial charge in [-0.2, -0.15) is 11.8 Å². The van der Waals surface area contributed by atoms with Gasteiger partial charge in [0.2, 0.25) is 0 Å². The Kier molecular flexibility index (Phi) is 8.52. The number of rotatable bonds is 9. The molecule has 1 atom stereocenters. The van der Waals surface area contributed by atoms with Gasteiger partial charge in [0.25, 0.3) is 0 Å². The summed E-state index contributed by atoms with van der Waals surface area (Å²) in [6.07, 6.45) is 2.29. The summed E-state index contributed by atoms with van der Waals surface area (Å²) < 4.78 is 5.44. The van der Waals surface area contributed by atoms with Crippen molar-refractivity contribution >= 4 is 11.8 Å². The number of ether oxygens (including phenoxy) is 1. The number of hydrogen-bond acceptors (Lipinski definition) is 3. The van der Waals surface area contributed by atoms with Gasteiger partial charge >= 0.3 is 0 Å². The molecule has 0 aromatic heterocycles. The van der Waals surface area contributed by atoms with E-state index in [4.69, 9.17) is 4.74 Å². The molecule has 2 nitrogen and oxygen atoms in total. The van der Waals surface area contributed by atoms with Gasteiger partial charge in [0.15, 0.2) is 0 Å². The molecule has 0 rings (SSSR count). The van der Waals surface area contributed by atoms with Crippen molar-refractivity contribution in [3.8, 4) is 0 Å². The SMILES string of the molecule is CNC(CCC(C)(C)OC)CSCC(C)C. The van der Waals surface area contributed by atoms with Crippen LogP contribution in [-0.4, -0.2) is 37.3 Å². The summed E-state index contributed by atoms with van der Waals surface area (Å²) in [5, 5.41) is 3.40. The molecule has 0 spiro atoms. The van der Waals surface area contributed by atoms with Crippen molar-refractivity contribution < 1.29 is 4.74 Å². The zero-order valence-electron chi connectivity index (χ0n) is 11.8. The van der Waals surface area contributed by atoms with Crippen molar-refractivity contribution in [2.75, 3.05) is 25.7 Å². The highest BCUT2D eigenvalue weighted by atomic mass is 32.2. The lowest BCUT2D eigenvalue weighted by atomic mass is 9.99. The first-order valence-corrected chi connectivity index (χ1v) is 7.37. The maximum Gasteiger partial charge on any atom is 0.0623 e. The van der Waals surface area contributed by atoms with E-state index in [2.05, 4.69) is 40.1 Å². The third-order valence-electron chi connectivity index (χ3n) is 2.83. The van der Waals surface area contributed by atoms with Crippen LogP contribution in [0.4, 0.5) is 0 Å². The van der Waals surface area contributed by atoms with Crippen LogP contribution >= 0.6 is 11.8 Å². The number of hydrogen-bond donors (Lipinski definition) is 1. The fourth-order valence-corrected chi connectivity index (χ4v) is 2.61. The summed E-state index contributed by atoms with van der Waals surface area (Å²) >= 11 is 2.05. The van der Waals surface area contributed by atoms with Gasteiger partial charge < -0.3 is 10.1 Å². The average Bonchev–Trinajstić information content (AvgIpc) is 2.22.